The van der Waals surface area contributed by atoms with Gasteiger partial charge in [-0.15, -0.1) is 0 Å². The van der Waals surface area contributed by atoms with Crippen LogP contribution >= 0.6 is 0 Å². The summed E-state index contributed by atoms with van der Waals surface area (Å²) < 4.78 is 2.16. The number of aryl methyl sites for hydroxylation is 1. The maximum Gasteiger partial charge on any atom is 0.127 e. The average molecular weight is 193 g/mol. The third-order valence-electron chi connectivity index (χ3n) is 2.87. The van der Waals surface area contributed by atoms with Gasteiger partial charge in [0.1, 0.15) is 11.6 Å². The number of aromatic nitrogens is 2. The zero-order chi connectivity index (χ0) is 10.1. The molecule has 0 aliphatic heterocycles. The third kappa shape index (κ3) is 1.51. The van der Waals surface area contributed by atoms with Crippen LogP contribution in [0.15, 0.2) is 0 Å². The minimum atomic E-state index is 0.665. The standard InChI is InChI=1S/C11H19N3/c1-3-5-9-13-10(8-6-7-8)11(12)14(9)4-2/h8H,3-7,12H2,1-2H3. The van der Waals surface area contributed by atoms with Crippen LogP contribution in [-0.4, -0.2) is 9.55 Å². The van der Waals surface area contributed by atoms with Crippen molar-refractivity contribution < 1.29 is 0 Å². The first kappa shape index (κ1) is 9.56. The summed E-state index contributed by atoms with van der Waals surface area (Å²) in [5.41, 5.74) is 7.25. The quantitative estimate of drug-likeness (QED) is 0.797. The normalized spacial score (nSPS) is 16.1. The summed E-state index contributed by atoms with van der Waals surface area (Å²) in [6, 6.07) is 0. The predicted octanol–water partition coefficient (Wildman–Crippen LogP) is 2.32. The first-order chi connectivity index (χ1) is 6.77. The Hall–Kier alpha value is -0.990. The summed E-state index contributed by atoms with van der Waals surface area (Å²) in [5.74, 6) is 2.76. The topological polar surface area (TPSA) is 43.8 Å². The molecule has 14 heavy (non-hydrogen) atoms. The van der Waals surface area contributed by atoms with Crippen LogP contribution in [0.1, 0.15) is 50.5 Å². The van der Waals surface area contributed by atoms with E-state index < -0.39 is 0 Å². The molecule has 2 rings (SSSR count). The highest BCUT2D eigenvalue weighted by Gasteiger charge is 2.29. The molecule has 3 nitrogen and oxygen atoms in total. The van der Waals surface area contributed by atoms with Gasteiger partial charge in [-0.25, -0.2) is 4.98 Å². The Bertz CT molecular complexity index is 324. The molecule has 3 heteroatoms. The van der Waals surface area contributed by atoms with E-state index in [1.165, 1.54) is 18.7 Å². The highest BCUT2D eigenvalue weighted by Crippen LogP contribution is 2.42. The van der Waals surface area contributed by atoms with Crippen molar-refractivity contribution in [1.82, 2.24) is 9.55 Å². The minimum Gasteiger partial charge on any atom is -0.384 e. The van der Waals surface area contributed by atoms with Gasteiger partial charge in [-0.2, -0.15) is 0 Å². The predicted molar refractivity (Wildman–Crippen MR) is 58.3 cm³/mol. The number of imidazole rings is 1. The van der Waals surface area contributed by atoms with Gasteiger partial charge in [0.15, 0.2) is 0 Å². The summed E-state index contributed by atoms with van der Waals surface area (Å²) >= 11 is 0. The Kier molecular flexibility index (Phi) is 2.48. The van der Waals surface area contributed by atoms with E-state index in [2.05, 4.69) is 23.4 Å². The summed E-state index contributed by atoms with van der Waals surface area (Å²) in [6.45, 7) is 5.26. The van der Waals surface area contributed by atoms with Crippen LogP contribution in [0.4, 0.5) is 5.82 Å². The van der Waals surface area contributed by atoms with Gasteiger partial charge in [-0.3, -0.25) is 0 Å². The van der Waals surface area contributed by atoms with E-state index in [9.17, 15) is 0 Å². The molecule has 0 bridgehead atoms. The van der Waals surface area contributed by atoms with Crippen LogP contribution in [0.25, 0.3) is 0 Å². The van der Waals surface area contributed by atoms with Crippen molar-refractivity contribution in [2.24, 2.45) is 0 Å². The number of nitrogens with zero attached hydrogens (tertiary/aromatic N) is 2. The fraction of sp³-hybridized carbons (Fsp3) is 0.727. The third-order valence-corrected chi connectivity index (χ3v) is 2.87. The Morgan fingerprint density at radius 1 is 1.43 bits per heavy atom. The Morgan fingerprint density at radius 3 is 2.64 bits per heavy atom. The fourth-order valence-corrected chi connectivity index (χ4v) is 1.96. The number of nitrogens with two attached hydrogens (primary N) is 1. The van der Waals surface area contributed by atoms with E-state index in [-0.39, 0.29) is 0 Å². The van der Waals surface area contributed by atoms with Crippen molar-refractivity contribution in [2.75, 3.05) is 5.73 Å². The minimum absolute atomic E-state index is 0.665. The van der Waals surface area contributed by atoms with Gasteiger partial charge >= 0.3 is 0 Å². The second-order valence-electron chi connectivity index (χ2n) is 4.07. The monoisotopic (exact) mass is 193 g/mol. The molecule has 1 aromatic rings. The zero-order valence-corrected chi connectivity index (χ0v) is 9.08. The lowest BCUT2D eigenvalue weighted by Crippen LogP contribution is -2.05. The Labute approximate surface area is 85.3 Å². The van der Waals surface area contributed by atoms with Crippen molar-refractivity contribution >= 4 is 5.82 Å². The summed E-state index contributed by atoms with van der Waals surface area (Å²) in [7, 11) is 0. The summed E-state index contributed by atoms with van der Waals surface area (Å²) in [5, 5.41) is 0. The summed E-state index contributed by atoms with van der Waals surface area (Å²) in [6.07, 6.45) is 4.73. The lowest BCUT2D eigenvalue weighted by atomic mass is 10.3. The van der Waals surface area contributed by atoms with Gasteiger partial charge in [0, 0.05) is 18.9 Å². The van der Waals surface area contributed by atoms with Crippen LogP contribution in [0.2, 0.25) is 0 Å². The van der Waals surface area contributed by atoms with Crippen molar-refractivity contribution in [2.45, 2.75) is 52.0 Å². The molecule has 1 fully saturated rings. The second kappa shape index (κ2) is 3.64. The molecule has 0 aromatic carbocycles. The van der Waals surface area contributed by atoms with Gasteiger partial charge in [0.25, 0.3) is 0 Å². The molecule has 0 amide bonds. The van der Waals surface area contributed by atoms with Crippen LogP contribution in [0, 0.1) is 0 Å². The van der Waals surface area contributed by atoms with E-state index in [0.29, 0.717) is 5.92 Å². The molecule has 1 aliphatic rings. The van der Waals surface area contributed by atoms with Gasteiger partial charge in [-0.05, 0) is 26.2 Å². The van der Waals surface area contributed by atoms with Crippen molar-refractivity contribution in [3.05, 3.63) is 11.5 Å². The van der Waals surface area contributed by atoms with E-state index >= 15 is 0 Å². The molecule has 1 heterocycles. The van der Waals surface area contributed by atoms with Crippen LogP contribution in [0.3, 0.4) is 0 Å². The van der Waals surface area contributed by atoms with Crippen molar-refractivity contribution in [3.8, 4) is 0 Å². The molecule has 78 valence electrons. The molecule has 2 N–H and O–H groups in total. The Balaban J connectivity index is 2.33. The van der Waals surface area contributed by atoms with Gasteiger partial charge in [0.05, 0.1) is 5.69 Å². The average Bonchev–Trinajstić information content (AvgIpc) is 2.94. The molecule has 1 aliphatic carbocycles. The Morgan fingerprint density at radius 2 is 2.14 bits per heavy atom. The van der Waals surface area contributed by atoms with Crippen molar-refractivity contribution in [1.29, 1.82) is 0 Å². The number of nitrogen functional groups attached to an aromatic ring is 1. The maximum absolute atomic E-state index is 6.09. The largest absolute Gasteiger partial charge is 0.384 e. The maximum atomic E-state index is 6.09. The molecule has 0 spiro atoms. The highest BCUT2D eigenvalue weighted by atomic mass is 15.1. The number of rotatable bonds is 4. The first-order valence-electron chi connectivity index (χ1n) is 5.62. The molecular weight excluding hydrogens is 174 g/mol. The summed E-state index contributed by atoms with van der Waals surface area (Å²) in [4.78, 5) is 4.67. The van der Waals surface area contributed by atoms with Gasteiger partial charge < -0.3 is 10.3 Å². The smallest absolute Gasteiger partial charge is 0.127 e. The number of hydrogen-bond donors (Lipinski definition) is 1. The van der Waals surface area contributed by atoms with Gasteiger partial charge in [0.2, 0.25) is 0 Å². The van der Waals surface area contributed by atoms with Crippen LogP contribution in [0.5, 0.6) is 0 Å². The molecule has 0 atom stereocenters. The molecule has 0 unspecified atom stereocenters. The molecular formula is C11H19N3. The number of hydrogen-bond acceptors (Lipinski definition) is 2. The lowest BCUT2D eigenvalue weighted by Gasteiger charge is -2.04. The van der Waals surface area contributed by atoms with E-state index in [1.54, 1.807) is 0 Å². The molecule has 0 radical (unpaired) electrons. The first-order valence-corrected chi connectivity index (χ1v) is 5.62. The second-order valence-corrected chi connectivity index (χ2v) is 4.07. The van der Waals surface area contributed by atoms with Crippen LogP contribution < -0.4 is 5.73 Å². The van der Waals surface area contributed by atoms with E-state index in [0.717, 1.165) is 30.9 Å². The van der Waals surface area contributed by atoms with Gasteiger partial charge in [-0.1, -0.05) is 6.92 Å². The molecule has 1 saturated carbocycles. The number of anilines is 1. The van der Waals surface area contributed by atoms with Crippen molar-refractivity contribution in [3.63, 3.8) is 0 Å². The SMILES string of the molecule is CCCc1nc(C2CC2)c(N)n1CC. The van der Waals surface area contributed by atoms with E-state index in [1.807, 2.05) is 0 Å². The molecule has 1 aromatic heterocycles. The van der Waals surface area contributed by atoms with E-state index in [4.69, 9.17) is 5.73 Å². The lowest BCUT2D eigenvalue weighted by molar-refractivity contribution is 0.690. The highest BCUT2D eigenvalue weighted by molar-refractivity contribution is 5.42. The van der Waals surface area contributed by atoms with Crippen LogP contribution in [-0.2, 0) is 13.0 Å². The fourth-order valence-electron chi connectivity index (χ4n) is 1.96. The molecule has 0 saturated heterocycles. The zero-order valence-electron chi connectivity index (χ0n) is 9.08.